The van der Waals surface area contributed by atoms with Gasteiger partial charge in [-0.2, -0.15) is 13.2 Å². The molecule has 6 heteroatoms. The van der Waals surface area contributed by atoms with Gasteiger partial charge in [-0.25, -0.2) is 4.39 Å². The van der Waals surface area contributed by atoms with Gasteiger partial charge in [0.2, 0.25) is 0 Å². The van der Waals surface area contributed by atoms with Gasteiger partial charge in [0.15, 0.2) is 0 Å². The Morgan fingerprint density at radius 1 is 1.35 bits per heavy atom. The third kappa shape index (κ3) is 2.40. The summed E-state index contributed by atoms with van der Waals surface area (Å²) in [6.45, 7) is 0. The summed E-state index contributed by atoms with van der Waals surface area (Å²) in [6.07, 6.45) is -4.00. The molecule has 0 bridgehead atoms. The standard InChI is InChI=1S/C11H9F4NO/c12-7-3-1-6-2-4-9(8(6)5-7)16-10(17)11(13,14)15/h1,3,5,9H,2,4H2,(H,16,17). The molecule has 0 heterocycles. The second-order valence-electron chi connectivity index (χ2n) is 3.91. The van der Waals surface area contributed by atoms with Gasteiger partial charge in [0.25, 0.3) is 0 Å². The van der Waals surface area contributed by atoms with Crippen LogP contribution in [0.5, 0.6) is 0 Å². The number of rotatable bonds is 1. The van der Waals surface area contributed by atoms with E-state index in [2.05, 4.69) is 0 Å². The average Bonchev–Trinajstić information content (AvgIpc) is 2.60. The summed E-state index contributed by atoms with van der Waals surface area (Å²) in [5, 5.41) is 1.87. The summed E-state index contributed by atoms with van der Waals surface area (Å²) in [4.78, 5) is 10.8. The first-order chi connectivity index (χ1) is 7.88. The molecular weight excluding hydrogens is 238 g/mol. The molecule has 1 aromatic carbocycles. The molecule has 0 saturated heterocycles. The maximum Gasteiger partial charge on any atom is 0.471 e. The Balaban J connectivity index is 2.17. The number of alkyl halides is 3. The fourth-order valence-corrected chi connectivity index (χ4v) is 1.96. The van der Waals surface area contributed by atoms with Gasteiger partial charge in [0.05, 0.1) is 6.04 Å². The first kappa shape index (κ1) is 11.9. The van der Waals surface area contributed by atoms with E-state index in [1.54, 1.807) is 0 Å². The van der Waals surface area contributed by atoms with Crippen LogP contribution in [0.3, 0.4) is 0 Å². The molecule has 1 amide bonds. The van der Waals surface area contributed by atoms with Crippen LogP contribution in [0.15, 0.2) is 18.2 Å². The third-order valence-corrected chi connectivity index (χ3v) is 2.75. The smallest absolute Gasteiger partial charge is 0.341 e. The Kier molecular flexibility index (Phi) is 2.81. The molecule has 2 rings (SSSR count). The largest absolute Gasteiger partial charge is 0.471 e. The van der Waals surface area contributed by atoms with E-state index in [0.717, 1.165) is 5.56 Å². The summed E-state index contributed by atoms with van der Waals surface area (Å²) in [7, 11) is 0. The van der Waals surface area contributed by atoms with Gasteiger partial charge in [-0.1, -0.05) is 6.07 Å². The van der Waals surface area contributed by atoms with E-state index < -0.39 is 23.9 Å². The fourth-order valence-electron chi connectivity index (χ4n) is 1.96. The minimum absolute atomic E-state index is 0.362. The van der Waals surface area contributed by atoms with Crippen molar-refractivity contribution >= 4 is 5.91 Å². The van der Waals surface area contributed by atoms with Crippen molar-refractivity contribution < 1.29 is 22.4 Å². The summed E-state index contributed by atoms with van der Waals surface area (Å²) in [5.74, 6) is -2.50. The number of benzene rings is 1. The summed E-state index contributed by atoms with van der Waals surface area (Å²) in [6, 6.07) is 3.20. The topological polar surface area (TPSA) is 29.1 Å². The molecule has 1 aromatic rings. The molecule has 1 aliphatic rings. The van der Waals surface area contributed by atoms with E-state index in [1.807, 2.05) is 5.32 Å². The average molecular weight is 247 g/mol. The second-order valence-corrected chi connectivity index (χ2v) is 3.91. The number of aryl methyl sites for hydroxylation is 1. The van der Waals surface area contributed by atoms with Gasteiger partial charge in [-0.05, 0) is 36.1 Å². The lowest BCUT2D eigenvalue weighted by Crippen LogP contribution is -2.38. The molecule has 1 N–H and O–H groups in total. The van der Waals surface area contributed by atoms with Crippen molar-refractivity contribution in [3.8, 4) is 0 Å². The lowest BCUT2D eigenvalue weighted by atomic mass is 10.1. The molecule has 0 fully saturated rings. The molecule has 0 aromatic heterocycles. The summed E-state index contributed by atoms with van der Waals surface area (Å²) in [5.41, 5.74) is 1.21. The molecule has 1 atom stereocenters. The van der Waals surface area contributed by atoms with Crippen molar-refractivity contribution in [1.82, 2.24) is 5.32 Å². The highest BCUT2D eigenvalue weighted by Crippen LogP contribution is 2.32. The van der Waals surface area contributed by atoms with E-state index >= 15 is 0 Å². The van der Waals surface area contributed by atoms with Crippen molar-refractivity contribution in [3.05, 3.63) is 35.1 Å². The highest BCUT2D eigenvalue weighted by Gasteiger charge is 2.40. The third-order valence-electron chi connectivity index (χ3n) is 2.75. The van der Waals surface area contributed by atoms with Crippen molar-refractivity contribution in [2.75, 3.05) is 0 Å². The number of fused-ring (bicyclic) bond motifs is 1. The normalized spacial score (nSPS) is 18.9. The first-order valence-electron chi connectivity index (χ1n) is 5.04. The molecule has 2 nitrogen and oxygen atoms in total. The van der Waals surface area contributed by atoms with Gasteiger partial charge in [-0.3, -0.25) is 4.79 Å². The van der Waals surface area contributed by atoms with Crippen molar-refractivity contribution in [3.63, 3.8) is 0 Å². The number of amides is 1. The van der Waals surface area contributed by atoms with E-state index in [0.29, 0.717) is 18.4 Å². The first-order valence-corrected chi connectivity index (χ1v) is 5.04. The van der Waals surface area contributed by atoms with Gasteiger partial charge in [-0.15, -0.1) is 0 Å². The number of carbonyl (C=O) groups excluding carboxylic acids is 1. The van der Waals surface area contributed by atoms with E-state index in [-0.39, 0.29) is 0 Å². The molecule has 92 valence electrons. The monoisotopic (exact) mass is 247 g/mol. The van der Waals surface area contributed by atoms with E-state index in [4.69, 9.17) is 0 Å². The Morgan fingerprint density at radius 3 is 2.71 bits per heavy atom. The molecule has 0 radical (unpaired) electrons. The molecule has 0 spiro atoms. The Morgan fingerprint density at radius 2 is 2.06 bits per heavy atom. The van der Waals surface area contributed by atoms with Crippen LogP contribution in [-0.4, -0.2) is 12.1 Å². The molecular formula is C11H9F4NO. The zero-order chi connectivity index (χ0) is 12.6. The van der Waals surface area contributed by atoms with Crippen LogP contribution in [0.1, 0.15) is 23.6 Å². The Hall–Kier alpha value is -1.59. The number of nitrogens with one attached hydrogen (secondary N) is 1. The number of hydrogen-bond acceptors (Lipinski definition) is 1. The summed E-state index contributed by atoms with van der Waals surface area (Å²) >= 11 is 0. The molecule has 1 unspecified atom stereocenters. The minimum atomic E-state index is -4.91. The van der Waals surface area contributed by atoms with Crippen LogP contribution < -0.4 is 5.32 Å². The predicted molar refractivity (Wildman–Crippen MR) is 51.7 cm³/mol. The van der Waals surface area contributed by atoms with Crippen molar-refractivity contribution in [2.24, 2.45) is 0 Å². The maximum atomic E-state index is 13.0. The number of halogens is 4. The SMILES string of the molecule is O=C(NC1CCc2ccc(F)cc21)C(F)(F)F. The van der Waals surface area contributed by atoms with Crippen LogP contribution in [0, 0.1) is 5.82 Å². The van der Waals surface area contributed by atoms with Gasteiger partial charge >= 0.3 is 12.1 Å². The minimum Gasteiger partial charge on any atom is -0.341 e. The van der Waals surface area contributed by atoms with Crippen LogP contribution in [0.4, 0.5) is 17.6 Å². The molecule has 0 aliphatic heterocycles. The van der Waals surface area contributed by atoms with E-state index in [9.17, 15) is 22.4 Å². The number of carbonyl (C=O) groups is 1. The van der Waals surface area contributed by atoms with Crippen LogP contribution in [0.25, 0.3) is 0 Å². The highest BCUT2D eigenvalue weighted by atomic mass is 19.4. The summed E-state index contributed by atoms with van der Waals surface area (Å²) < 4.78 is 49.2. The molecule has 1 aliphatic carbocycles. The maximum absolute atomic E-state index is 13.0. The van der Waals surface area contributed by atoms with Crippen molar-refractivity contribution in [1.29, 1.82) is 0 Å². The lowest BCUT2D eigenvalue weighted by molar-refractivity contribution is -0.174. The zero-order valence-corrected chi connectivity index (χ0v) is 8.64. The number of hydrogen-bond donors (Lipinski definition) is 1. The fraction of sp³-hybridized carbons (Fsp3) is 0.364. The molecule has 0 saturated carbocycles. The zero-order valence-electron chi connectivity index (χ0n) is 8.64. The predicted octanol–water partition coefficient (Wildman–Crippen LogP) is 2.49. The van der Waals surface area contributed by atoms with Crippen LogP contribution in [0.2, 0.25) is 0 Å². The van der Waals surface area contributed by atoms with Gasteiger partial charge < -0.3 is 5.32 Å². The van der Waals surface area contributed by atoms with Crippen molar-refractivity contribution in [2.45, 2.75) is 25.1 Å². The quantitative estimate of drug-likeness (QED) is 0.759. The van der Waals surface area contributed by atoms with Gasteiger partial charge in [0, 0.05) is 0 Å². The molecule has 17 heavy (non-hydrogen) atoms. The van der Waals surface area contributed by atoms with Crippen LogP contribution >= 0.6 is 0 Å². The highest BCUT2D eigenvalue weighted by molar-refractivity contribution is 5.82. The second kappa shape index (κ2) is 4.01. The van der Waals surface area contributed by atoms with Gasteiger partial charge in [0.1, 0.15) is 5.82 Å². The van der Waals surface area contributed by atoms with Crippen LogP contribution in [-0.2, 0) is 11.2 Å². The lowest BCUT2D eigenvalue weighted by Gasteiger charge is -2.15. The Bertz CT molecular complexity index is 455. The van der Waals surface area contributed by atoms with E-state index in [1.165, 1.54) is 18.2 Å². The Labute approximate surface area is 94.6 Å².